The third-order valence-corrected chi connectivity index (χ3v) is 2.05. The number of amides is 2. The lowest BCUT2D eigenvalue weighted by molar-refractivity contribution is -0.140. The van der Waals surface area contributed by atoms with E-state index < -0.39 is 11.9 Å². The van der Waals surface area contributed by atoms with Crippen LogP contribution in [0.15, 0.2) is 12.2 Å². The van der Waals surface area contributed by atoms with Gasteiger partial charge < -0.3 is 15.7 Å². The molecule has 0 radical (unpaired) electrons. The Morgan fingerprint density at radius 1 is 1.50 bits per heavy atom. The first-order valence-corrected chi connectivity index (χ1v) is 4.59. The standard InChI is InChI=1S/C9H14N2O3/c1-2-10-9(14)11-7-4-3-6(5-7)8(12)13/h3-4,6-7H,2,5H2,1H3,(H,12,13)(H2,10,11,14). The van der Waals surface area contributed by atoms with Gasteiger partial charge in [0.2, 0.25) is 0 Å². The van der Waals surface area contributed by atoms with E-state index in [0.717, 1.165) is 0 Å². The summed E-state index contributed by atoms with van der Waals surface area (Å²) < 4.78 is 0. The van der Waals surface area contributed by atoms with Crippen molar-refractivity contribution in [3.05, 3.63) is 12.2 Å². The van der Waals surface area contributed by atoms with Crippen LogP contribution < -0.4 is 10.6 Å². The number of aliphatic carboxylic acids is 1. The Morgan fingerprint density at radius 2 is 2.21 bits per heavy atom. The highest BCUT2D eigenvalue weighted by atomic mass is 16.4. The molecule has 14 heavy (non-hydrogen) atoms. The maximum Gasteiger partial charge on any atom is 0.315 e. The first kappa shape index (κ1) is 10.6. The Kier molecular flexibility index (Phi) is 3.50. The number of carboxylic acids is 1. The van der Waals surface area contributed by atoms with Gasteiger partial charge in [0.25, 0.3) is 0 Å². The van der Waals surface area contributed by atoms with Crippen LogP contribution in [0.2, 0.25) is 0 Å². The van der Waals surface area contributed by atoms with Crippen LogP contribution in [0.4, 0.5) is 4.79 Å². The molecule has 1 aliphatic carbocycles. The van der Waals surface area contributed by atoms with Gasteiger partial charge in [-0.05, 0) is 13.3 Å². The van der Waals surface area contributed by atoms with Gasteiger partial charge in [0.1, 0.15) is 0 Å². The minimum absolute atomic E-state index is 0.164. The van der Waals surface area contributed by atoms with Crippen LogP contribution in [-0.2, 0) is 4.79 Å². The summed E-state index contributed by atoms with van der Waals surface area (Å²) in [5.41, 5.74) is 0. The van der Waals surface area contributed by atoms with Crippen molar-refractivity contribution < 1.29 is 14.7 Å². The minimum Gasteiger partial charge on any atom is -0.481 e. The molecule has 5 nitrogen and oxygen atoms in total. The molecule has 0 aromatic carbocycles. The second kappa shape index (κ2) is 4.64. The molecule has 0 saturated carbocycles. The molecular formula is C9H14N2O3. The van der Waals surface area contributed by atoms with E-state index >= 15 is 0 Å². The average Bonchev–Trinajstić information content (AvgIpc) is 2.53. The van der Waals surface area contributed by atoms with E-state index in [1.165, 1.54) is 0 Å². The molecule has 1 rings (SSSR count). The fraction of sp³-hybridized carbons (Fsp3) is 0.556. The molecule has 0 aromatic rings. The number of urea groups is 1. The molecule has 0 aromatic heterocycles. The summed E-state index contributed by atoms with van der Waals surface area (Å²) in [5, 5.41) is 13.9. The Bertz CT molecular complexity index is 263. The fourth-order valence-corrected chi connectivity index (χ4v) is 1.37. The fourth-order valence-electron chi connectivity index (χ4n) is 1.37. The molecule has 0 fully saturated rings. The van der Waals surface area contributed by atoms with E-state index in [4.69, 9.17) is 5.11 Å². The van der Waals surface area contributed by atoms with Gasteiger partial charge in [-0.25, -0.2) is 4.79 Å². The number of hydrogen-bond acceptors (Lipinski definition) is 2. The number of hydrogen-bond donors (Lipinski definition) is 3. The lowest BCUT2D eigenvalue weighted by atomic mass is 10.1. The zero-order valence-corrected chi connectivity index (χ0v) is 7.99. The molecule has 5 heteroatoms. The Labute approximate surface area is 82.2 Å². The van der Waals surface area contributed by atoms with Gasteiger partial charge in [0, 0.05) is 6.54 Å². The summed E-state index contributed by atoms with van der Waals surface area (Å²) in [5.74, 6) is -1.32. The monoisotopic (exact) mass is 198 g/mol. The van der Waals surface area contributed by atoms with Crippen LogP contribution in [0.3, 0.4) is 0 Å². The second-order valence-corrected chi connectivity index (χ2v) is 3.18. The van der Waals surface area contributed by atoms with Crippen molar-refractivity contribution in [1.29, 1.82) is 0 Å². The lowest BCUT2D eigenvalue weighted by Crippen LogP contribution is -2.40. The van der Waals surface area contributed by atoms with Crippen molar-refractivity contribution in [1.82, 2.24) is 10.6 Å². The van der Waals surface area contributed by atoms with Gasteiger partial charge in [0.15, 0.2) is 0 Å². The number of carboxylic acid groups (broad SMARTS) is 1. The maximum absolute atomic E-state index is 11.1. The first-order valence-electron chi connectivity index (χ1n) is 4.59. The summed E-state index contributed by atoms with van der Waals surface area (Å²) in [6.07, 6.45) is 3.76. The largest absolute Gasteiger partial charge is 0.481 e. The van der Waals surface area contributed by atoms with E-state index in [-0.39, 0.29) is 12.1 Å². The molecule has 2 unspecified atom stereocenters. The maximum atomic E-state index is 11.1. The minimum atomic E-state index is -0.846. The Balaban J connectivity index is 2.33. The summed E-state index contributed by atoms with van der Waals surface area (Å²) in [7, 11) is 0. The van der Waals surface area contributed by atoms with E-state index in [0.29, 0.717) is 13.0 Å². The van der Waals surface area contributed by atoms with Crippen molar-refractivity contribution in [2.75, 3.05) is 6.54 Å². The van der Waals surface area contributed by atoms with E-state index in [1.807, 2.05) is 6.92 Å². The van der Waals surface area contributed by atoms with Crippen molar-refractivity contribution in [2.45, 2.75) is 19.4 Å². The van der Waals surface area contributed by atoms with Crippen molar-refractivity contribution in [2.24, 2.45) is 5.92 Å². The third-order valence-electron chi connectivity index (χ3n) is 2.05. The zero-order chi connectivity index (χ0) is 10.6. The third kappa shape index (κ3) is 2.76. The van der Waals surface area contributed by atoms with Crippen LogP contribution >= 0.6 is 0 Å². The summed E-state index contributed by atoms with van der Waals surface area (Å²) >= 11 is 0. The molecule has 3 N–H and O–H groups in total. The van der Waals surface area contributed by atoms with Crippen molar-refractivity contribution in [3.8, 4) is 0 Å². The lowest BCUT2D eigenvalue weighted by Gasteiger charge is -2.11. The summed E-state index contributed by atoms with van der Waals surface area (Å²) in [6.45, 7) is 2.38. The predicted molar refractivity (Wildman–Crippen MR) is 50.9 cm³/mol. The van der Waals surface area contributed by atoms with Crippen LogP contribution in [-0.4, -0.2) is 29.7 Å². The van der Waals surface area contributed by atoms with E-state index in [9.17, 15) is 9.59 Å². The van der Waals surface area contributed by atoms with Gasteiger partial charge >= 0.3 is 12.0 Å². The number of nitrogens with one attached hydrogen (secondary N) is 2. The highest BCUT2D eigenvalue weighted by molar-refractivity contribution is 5.76. The highest BCUT2D eigenvalue weighted by Gasteiger charge is 2.24. The Morgan fingerprint density at radius 3 is 2.71 bits per heavy atom. The van der Waals surface area contributed by atoms with Gasteiger partial charge in [0.05, 0.1) is 12.0 Å². The molecule has 0 aliphatic heterocycles. The van der Waals surface area contributed by atoms with Crippen LogP contribution in [0.1, 0.15) is 13.3 Å². The summed E-state index contributed by atoms with van der Waals surface area (Å²) in [6, 6.07) is -0.421. The van der Waals surface area contributed by atoms with Gasteiger partial charge in [-0.3, -0.25) is 4.79 Å². The molecule has 0 spiro atoms. The molecule has 2 amide bonds. The number of carbonyl (C=O) groups excluding carboxylic acids is 1. The molecule has 78 valence electrons. The molecule has 1 aliphatic rings. The molecule has 0 bridgehead atoms. The van der Waals surface area contributed by atoms with E-state index in [2.05, 4.69) is 10.6 Å². The normalized spacial score (nSPS) is 24.6. The molecule has 2 atom stereocenters. The average molecular weight is 198 g/mol. The van der Waals surface area contributed by atoms with Gasteiger partial charge in [-0.15, -0.1) is 0 Å². The zero-order valence-electron chi connectivity index (χ0n) is 7.99. The highest BCUT2D eigenvalue weighted by Crippen LogP contribution is 2.17. The quantitative estimate of drug-likeness (QED) is 0.572. The second-order valence-electron chi connectivity index (χ2n) is 3.18. The van der Waals surface area contributed by atoms with Gasteiger partial charge in [-0.2, -0.15) is 0 Å². The molecule has 0 heterocycles. The summed E-state index contributed by atoms with van der Waals surface area (Å²) in [4.78, 5) is 21.7. The first-order chi connectivity index (χ1) is 6.63. The van der Waals surface area contributed by atoms with Crippen molar-refractivity contribution >= 4 is 12.0 Å². The topological polar surface area (TPSA) is 78.4 Å². The smallest absolute Gasteiger partial charge is 0.315 e. The number of carbonyl (C=O) groups is 2. The van der Waals surface area contributed by atoms with Crippen LogP contribution in [0.25, 0.3) is 0 Å². The molecule has 0 saturated heterocycles. The van der Waals surface area contributed by atoms with Crippen LogP contribution in [0, 0.1) is 5.92 Å². The Hall–Kier alpha value is -1.52. The predicted octanol–water partition coefficient (Wildman–Crippen LogP) is 0.335. The molecular weight excluding hydrogens is 184 g/mol. The van der Waals surface area contributed by atoms with E-state index in [1.54, 1.807) is 12.2 Å². The SMILES string of the molecule is CCNC(=O)NC1C=CC(C(=O)O)C1. The number of rotatable bonds is 3. The van der Waals surface area contributed by atoms with Crippen LogP contribution in [0.5, 0.6) is 0 Å². The van der Waals surface area contributed by atoms with Gasteiger partial charge in [-0.1, -0.05) is 12.2 Å². The van der Waals surface area contributed by atoms with Crippen molar-refractivity contribution in [3.63, 3.8) is 0 Å².